The maximum Gasteiger partial charge on any atom is 0.326 e. The van der Waals surface area contributed by atoms with E-state index in [0.29, 0.717) is 28.4 Å². The van der Waals surface area contributed by atoms with Gasteiger partial charge in [-0.15, -0.1) is 11.3 Å². The van der Waals surface area contributed by atoms with Crippen LogP contribution in [0.1, 0.15) is 85.2 Å². The fraction of sp³-hybridized carbons (Fsp3) is 0.464. The van der Waals surface area contributed by atoms with E-state index < -0.39 is 18.1 Å². The third-order valence-electron chi connectivity index (χ3n) is 6.80. The molecule has 1 amide bonds. The molecule has 3 unspecified atom stereocenters. The Morgan fingerprint density at radius 1 is 1.19 bits per heavy atom. The number of nitrogens with zero attached hydrogens (tertiary/aromatic N) is 4. The smallest absolute Gasteiger partial charge is 0.326 e. The van der Waals surface area contributed by atoms with Gasteiger partial charge in [-0.25, -0.2) is 9.78 Å². The molecule has 1 aliphatic rings. The number of carbonyl (C=O) groups excluding carboxylic acids is 1. The summed E-state index contributed by atoms with van der Waals surface area (Å²) < 4.78 is 5.91. The van der Waals surface area contributed by atoms with Gasteiger partial charge in [0.25, 0.3) is 5.91 Å². The van der Waals surface area contributed by atoms with Gasteiger partial charge in [-0.1, -0.05) is 40.7 Å². The number of carbonyl (C=O) groups is 2. The number of hydrogen-bond acceptors (Lipinski definition) is 7. The SMILES string of the molecule is COc1c(C(C)(C)C)ccc(C(=O)N2C(C(=O)O)CC(c3cnccn3)C2c2nccs2)c1CC(C)C. The van der Waals surface area contributed by atoms with Crippen molar-refractivity contribution in [1.82, 2.24) is 19.9 Å². The predicted octanol–water partition coefficient (Wildman–Crippen LogP) is 5.26. The molecule has 3 atom stereocenters. The van der Waals surface area contributed by atoms with Gasteiger partial charge in [-0.3, -0.25) is 14.8 Å². The van der Waals surface area contributed by atoms with Crippen LogP contribution in [0.2, 0.25) is 0 Å². The molecule has 0 radical (unpaired) electrons. The van der Waals surface area contributed by atoms with Gasteiger partial charge in [0, 0.05) is 47.2 Å². The average Bonchev–Trinajstić information content (AvgIpc) is 3.51. The van der Waals surface area contributed by atoms with Crippen LogP contribution < -0.4 is 4.74 Å². The number of thiazole rings is 1. The topological polar surface area (TPSA) is 106 Å². The molecule has 8 nitrogen and oxygen atoms in total. The highest BCUT2D eigenvalue weighted by atomic mass is 32.1. The predicted molar refractivity (Wildman–Crippen MR) is 142 cm³/mol. The van der Waals surface area contributed by atoms with Crippen LogP contribution in [0.4, 0.5) is 0 Å². The summed E-state index contributed by atoms with van der Waals surface area (Å²) in [6.45, 7) is 10.5. The van der Waals surface area contributed by atoms with Crippen molar-refractivity contribution in [2.45, 2.75) is 70.9 Å². The van der Waals surface area contributed by atoms with Gasteiger partial charge in [0.05, 0.1) is 18.8 Å². The fourth-order valence-corrected chi connectivity index (χ4v) is 6.02. The Balaban J connectivity index is 1.90. The molecule has 4 rings (SSSR count). The van der Waals surface area contributed by atoms with Gasteiger partial charge in [-0.2, -0.15) is 0 Å². The van der Waals surface area contributed by atoms with Crippen LogP contribution in [-0.4, -0.2) is 50.0 Å². The highest BCUT2D eigenvalue weighted by Crippen LogP contribution is 2.48. The van der Waals surface area contributed by atoms with Gasteiger partial charge in [0.15, 0.2) is 0 Å². The minimum absolute atomic E-state index is 0.198. The van der Waals surface area contributed by atoms with Crippen LogP contribution in [0, 0.1) is 5.92 Å². The first-order valence-corrected chi connectivity index (χ1v) is 13.3. The van der Waals surface area contributed by atoms with Crippen LogP contribution in [0.25, 0.3) is 0 Å². The molecule has 1 saturated heterocycles. The summed E-state index contributed by atoms with van der Waals surface area (Å²) in [4.78, 5) is 41.6. The lowest BCUT2D eigenvalue weighted by Gasteiger charge is -2.31. The van der Waals surface area contributed by atoms with E-state index >= 15 is 0 Å². The summed E-state index contributed by atoms with van der Waals surface area (Å²) >= 11 is 1.41. The molecule has 1 aromatic carbocycles. The number of rotatable bonds is 7. The maximum absolute atomic E-state index is 14.4. The van der Waals surface area contributed by atoms with Crippen molar-refractivity contribution in [3.05, 3.63) is 69.7 Å². The Morgan fingerprint density at radius 2 is 1.95 bits per heavy atom. The number of benzene rings is 1. The Hall–Kier alpha value is -3.33. The van der Waals surface area contributed by atoms with Gasteiger partial charge in [-0.05, 0) is 35.8 Å². The van der Waals surface area contributed by atoms with E-state index in [0.717, 1.165) is 11.1 Å². The van der Waals surface area contributed by atoms with Crippen molar-refractivity contribution < 1.29 is 19.4 Å². The minimum Gasteiger partial charge on any atom is -0.496 e. The van der Waals surface area contributed by atoms with E-state index in [4.69, 9.17) is 4.74 Å². The maximum atomic E-state index is 14.4. The van der Waals surface area contributed by atoms with Gasteiger partial charge in [0.2, 0.25) is 0 Å². The lowest BCUT2D eigenvalue weighted by atomic mass is 9.82. The molecule has 9 heteroatoms. The summed E-state index contributed by atoms with van der Waals surface area (Å²) in [5.74, 6) is -0.798. The quantitative estimate of drug-likeness (QED) is 0.451. The third-order valence-corrected chi connectivity index (χ3v) is 7.64. The van der Waals surface area contributed by atoms with E-state index in [1.165, 1.54) is 16.2 Å². The molecule has 196 valence electrons. The molecule has 37 heavy (non-hydrogen) atoms. The second-order valence-electron chi connectivity index (χ2n) is 10.9. The molecule has 3 heterocycles. The first-order valence-electron chi connectivity index (χ1n) is 12.5. The van der Waals surface area contributed by atoms with Crippen molar-refractivity contribution in [2.75, 3.05) is 7.11 Å². The first kappa shape index (κ1) is 26.7. The summed E-state index contributed by atoms with van der Waals surface area (Å²) in [5, 5.41) is 12.8. The molecular formula is C28H34N4O4S. The number of hydrogen-bond donors (Lipinski definition) is 1. The molecule has 2 aromatic heterocycles. The minimum atomic E-state index is -1.05. The largest absolute Gasteiger partial charge is 0.496 e. The van der Waals surface area contributed by atoms with E-state index in [9.17, 15) is 14.7 Å². The zero-order valence-electron chi connectivity index (χ0n) is 22.1. The van der Waals surface area contributed by atoms with Crippen LogP contribution in [0.15, 0.2) is 42.3 Å². The number of aliphatic carboxylic acids is 1. The zero-order valence-corrected chi connectivity index (χ0v) is 23.0. The Kier molecular flexibility index (Phi) is 7.64. The molecule has 1 fully saturated rings. The molecule has 1 N–H and O–H groups in total. The molecular weight excluding hydrogens is 488 g/mol. The fourth-order valence-electron chi connectivity index (χ4n) is 5.22. The van der Waals surface area contributed by atoms with Crippen LogP contribution in [0.5, 0.6) is 5.75 Å². The van der Waals surface area contributed by atoms with E-state index in [2.05, 4.69) is 49.6 Å². The standard InChI is InChI=1S/C28H34N4O4S/c1-16(2)13-18-17(7-8-20(24(18)36-6)28(3,4)5)26(33)32-22(27(34)35)14-19(21-15-29-9-10-30-21)23(32)25-31-11-12-37-25/h7-12,15-16,19,22-23H,13-14H2,1-6H3,(H,34,35). The zero-order chi connectivity index (χ0) is 26.9. The normalized spacial score (nSPS) is 19.9. The van der Waals surface area contributed by atoms with Crippen LogP contribution >= 0.6 is 11.3 Å². The van der Waals surface area contributed by atoms with E-state index in [1.54, 1.807) is 31.9 Å². The highest BCUT2D eigenvalue weighted by Gasteiger charge is 2.50. The number of likely N-dealkylation sites (tertiary alicyclic amines) is 1. The van der Waals surface area contributed by atoms with Crippen LogP contribution in [0.3, 0.4) is 0 Å². The first-order chi connectivity index (χ1) is 17.5. The van der Waals surface area contributed by atoms with Gasteiger partial charge >= 0.3 is 5.97 Å². The lowest BCUT2D eigenvalue weighted by molar-refractivity contribution is -0.141. The number of ether oxygens (including phenoxy) is 1. The second kappa shape index (κ2) is 10.6. The molecule has 0 aliphatic carbocycles. The Morgan fingerprint density at radius 3 is 2.49 bits per heavy atom. The molecule has 3 aromatic rings. The summed E-state index contributed by atoms with van der Waals surface area (Å²) in [5.41, 5.74) is 2.72. The average molecular weight is 523 g/mol. The summed E-state index contributed by atoms with van der Waals surface area (Å²) in [6, 6.07) is 2.15. The molecule has 0 saturated carbocycles. The Labute approximate surface area is 221 Å². The molecule has 0 bridgehead atoms. The second-order valence-corrected chi connectivity index (χ2v) is 11.8. The van der Waals surface area contributed by atoms with Crippen molar-refractivity contribution in [1.29, 1.82) is 0 Å². The number of carboxylic acid groups (broad SMARTS) is 1. The monoisotopic (exact) mass is 522 g/mol. The summed E-state index contributed by atoms with van der Waals surface area (Å²) in [7, 11) is 1.63. The molecule has 1 aliphatic heterocycles. The van der Waals surface area contributed by atoms with E-state index in [-0.39, 0.29) is 29.6 Å². The number of carboxylic acids is 1. The van der Waals surface area contributed by atoms with Gasteiger partial charge in [0.1, 0.15) is 16.8 Å². The number of amides is 1. The highest BCUT2D eigenvalue weighted by molar-refractivity contribution is 7.09. The van der Waals surface area contributed by atoms with Crippen molar-refractivity contribution in [3.63, 3.8) is 0 Å². The van der Waals surface area contributed by atoms with Crippen molar-refractivity contribution >= 4 is 23.2 Å². The number of aromatic nitrogens is 3. The van der Waals surface area contributed by atoms with Crippen molar-refractivity contribution in [3.8, 4) is 5.75 Å². The third kappa shape index (κ3) is 5.23. The van der Waals surface area contributed by atoms with Gasteiger partial charge < -0.3 is 14.7 Å². The van der Waals surface area contributed by atoms with E-state index in [1.807, 2.05) is 17.5 Å². The molecule has 0 spiro atoms. The Bertz CT molecular complexity index is 1260. The lowest BCUT2D eigenvalue weighted by Crippen LogP contribution is -2.42. The van der Waals surface area contributed by atoms with Crippen molar-refractivity contribution in [2.24, 2.45) is 5.92 Å². The number of methoxy groups -OCH3 is 1. The summed E-state index contributed by atoms with van der Waals surface area (Å²) in [6.07, 6.45) is 7.33. The van der Waals surface area contributed by atoms with Crippen LogP contribution in [-0.2, 0) is 16.6 Å².